The monoisotopic (exact) mass is 258 g/mol. The first-order valence-corrected chi connectivity index (χ1v) is 6.61. The van der Waals surface area contributed by atoms with Crippen LogP contribution in [0, 0.1) is 0 Å². The Kier molecular flexibility index (Phi) is 2.62. The summed E-state index contributed by atoms with van der Waals surface area (Å²) >= 11 is -0.438. The van der Waals surface area contributed by atoms with E-state index in [0.29, 0.717) is 3.43 Å². The van der Waals surface area contributed by atoms with E-state index in [2.05, 4.69) is 31.9 Å². The van der Waals surface area contributed by atoms with Crippen LogP contribution in [-0.2, 0) is 7.05 Å². The molecule has 0 saturated carbocycles. The number of nitrogens with zero attached hydrogens (tertiary/aromatic N) is 2. The SMILES string of the molecule is Cn1ncc[c]1[Sn][C](C)(C)C. The maximum absolute atomic E-state index is 4.16. The van der Waals surface area contributed by atoms with Crippen molar-refractivity contribution in [3.63, 3.8) is 0 Å². The molecule has 2 radical (unpaired) electrons. The normalized spacial score (nSPS) is 12.0. The summed E-state index contributed by atoms with van der Waals surface area (Å²) < 4.78 is 4.01. The van der Waals surface area contributed by atoms with Crippen molar-refractivity contribution in [3.05, 3.63) is 12.3 Å². The van der Waals surface area contributed by atoms with Crippen molar-refractivity contribution in [1.29, 1.82) is 0 Å². The van der Waals surface area contributed by atoms with Gasteiger partial charge < -0.3 is 0 Å². The van der Waals surface area contributed by atoms with Gasteiger partial charge in [-0.25, -0.2) is 0 Å². The molecule has 0 atom stereocenters. The van der Waals surface area contributed by atoms with Gasteiger partial charge in [0, 0.05) is 0 Å². The fourth-order valence-electron chi connectivity index (χ4n) is 0.881. The molecule has 2 nitrogen and oxygen atoms in total. The second-order valence-corrected chi connectivity index (χ2v) is 10.2. The number of hydrogen-bond acceptors (Lipinski definition) is 1. The fraction of sp³-hybridized carbons (Fsp3) is 0.625. The second kappa shape index (κ2) is 3.17. The second-order valence-electron chi connectivity index (χ2n) is 3.72. The summed E-state index contributed by atoms with van der Waals surface area (Å²) in [4.78, 5) is 0. The molecule has 0 N–H and O–H groups in total. The molecular weight excluding hydrogens is 243 g/mol. The molecule has 0 aromatic carbocycles. The van der Waals surface area contributed by atoms with Gasteiger partial charge in [0.1, 0.15) is 0 Å². The Bertz CT molecular complexity index is 234. The van der Waals surface area contributed by atoms with Crippen LogP contribution in [-0.4, -0.2) is 30.9 Å². The van der Waals surface area contributed by atoms with Crippen LogP contribution < -0.4 is 3.71 Å². The first-order valence-electron chi connectivity index (χ1n) is 3.75. The van der Waals surface area contributed by atoms with Crippen molar-refractivity contribution in [2.75, 3.05) is 0 Å². The van der Waals surface area contributed by atoms with Gasteiger partial charge in [-0.2, -0.15) is 0 Å². The van der Waals surface area contributed by atoms with Crippen LogP contribution in [0.2, 0.25) is 3.43 Å². The molecule has 1 rings (SSSR count). The molecule has 60 valence electrons. The molecule has 11 heavy (non-hydrogen) atoms. The topological polar surface area (TPSA) is 17.8 Å². The van der Waals surface area contributed by atoms with Gasteiger partial charge in [0.25, 0.3) is 0 Å². The molecule has 0 saturated heterocycles. The fourth-order valence-corrected chi connectivity index (χ4v) is 4.15. The van der Waals surface area contributed by atoms with Crippen molar-refractivity contribution in [2.45, 2.75) is 24.2 Å². The summed E-state index contributed by atoms with van der Waals surface area (Å²) in [7, 11) is 2.03. The Hall–Kier alpha value is 0.00870. The van der Waals surface area contributed by atoms with Gasteiger partial charge in [-0.15, -0.1) is 0 Å². The summed E-state index contributed by atoms with van der Waals surface area (Å²) in [6, 6.07) is 2.15. The summed E-state index contributed by atoms with van der Waals surface area (Å²) in [5.74, 6) is 0. The van der Waals surface area contributed by atoms with Gasteiger partial charge >= 0.3 is 78.1 Å². The molecule has 0 aliphatic rings. The maximum atomic E-state index is 4.16. The number of aryl methyl sites for hydroxylation is 1. The van der Waals surface area contributed by atoms with Crippen LogP contribution in [0.5, 0.6) is 0 Å². The molecule has 3 heteroatoms. The van der Waals surface area contributed by atoms with Crippen molar-refractivity contribution < 1.29 is 0 Å². The van der Waals surface area contributed by atoms with Crippen LogP contribution in [0.1, 0.15) is 20.8 Å². The molecule has 0 aliphatic carbocycles. The van der Waals surface area contributed by atoms with E-state index in [1.54, 1.807) is 0 Å². The van der Waals surface area contributed by atoms with E-state index < -0.39 is 21.1 Å². The molecular formula is C8H14N2Sn. The third-order valence-corrected chi connectivity index (χ3v) is 5.59. The van der Waals surface area contributed by atoms with Crippen molar-refractivity contribution >= 4 is 24.9 Å². The average molecular weight is 257 g/mol. The summed E-state index contributed by atoms with van der Waals surface area (Å²) in [6.45, 7) is 6.94. The molecule has 1 heterocycles. The van der Waals surface area contributed by atoms with E-state index in [1.165, 1.54) is 3.71 Å². The molecule has 0 amide bonds. The van der Waals surface area contributed by atoms with Crippen LogP contribution >= 0.6 is 0 Å². The first-order chi connectivity index (χ1) is 4.99. The predicted octanol–water partition coefficient (Wildman–Crippen LogP) is 0.968. The van der Waals surface area contributed by atoms with E-state index in [1.807, 2.05) is 17.9 Å². The van der Waals surface area contributed by atoms with Crippen LogP contribution in [0.15, 0.2) is 12.3 Å². The van der Waals surface area contributed by atoms with Crippen molar-refractivity contribution in [3.8, 4) is 0 Å². The third-order valence-electron chi connectivity index (χ3n) is 1.32. The average Bonchev–Trinajstić information content (AvgIpc) is 2.12. The summed E-state index contributed by atoms with van der Waals surface area (Å²) in [5, 5.41) is 4.16. The number of rotatable bonds is 1. The summed E-state index contributed by atoms with van der Waals surface area (Å²) in [5.41, 5.74) is 0. The molecule has 0 bridgehead atoms. The van der Waals surface area contributed by atoms with E-state index in [0.717, 1.165) is 0 Å². The zero-order valence-electron chi connectivity index (χ0n) is 7.55. The molecule has 0 unspecified atom stereocenters. The van der Waals surface area contributed by atoms with Crippen LogP contribution in [0.3, 0.4) is 0 Å². The van der Waals surface area contributed by atoms with Crippen molar-refractivity contribution in [2.24, 2.45) is 7.05 Å². The van der Waals surface area contributed by atoms with E-state index >= 15 is 0 Å². The molecule has 1 aromatic rings. The quantitative estimate of drug-likeness (QED) is 0.685. The van der Waals surface area contributed by atoms with E-state index in [4.69, 9.17) is 0 Å². The van der Waals surface area contributed by atoms with Gasteiger partial charge in [0.15, 0.2) is 0 Å². The molecule has 0 fully saturated rings. The van der Waals surface area contributed by atoms with Gasteiger partial charge in [0.2, 0.25) is 0 Å². The van der Waals surface area contributed by atoms with Crippen LogP contribution in [0.25, 0.3) is 0 Å². The Morgan fingerprint density at radius 3 is 2.45 bits per heavy atom. The minimum absolute atomic E-state index is 0.438. The van der Waals surface area contributed by atoms with Crippen molar-refractivity contribution in [1.82, 2.24) is 9.78 Å². The molecule has 0 aliphatic heterocycles. The zero-order valence-corrected chi connectivity index (χ0v) is 10.4. The van der Waals surface area contributed by atoms with Crippen LogP contribution in [0.4, 0.5) is 0 Å². The standard InChI is InChI=1S/C4H5N2.C4H9.Sn/c1-6-4-2-3-5-6;1-4(2)3;/h2-3H,1H3;1-3H3;. The zero-order chi connectivity index (χ0) is 8.48. The molecule has 1 aromatic heterocycles. The van der Waals surface area contributed by atoms with E-state index in [9.17, 15) is 0 Å². The van der Waals surface area contributed by atoms with Gasteiger partial charge in [0.05, 0.1) is 0 Å². The Morgan fingerprint density at radius 2 is 2.09 bits per heavy atom. The van der Waals surface area contributed by atoms with Gasteiger partial charge in [-0.1, -0.05) is 0 Å². The molecule has 0 spiro atoms. The van der Waals surface area contributed by atoms with E-state index in [-0.39, 0.29) is 0 Å². The predicted molar refractivity (Wildman–Crippen MR) is 48.3 cm³/mol. The summed E-state index contributed by atoms with van der Waals surface area (Å²) in [6.07, 6.45) is 1.89. The van der Waals surface area contributed by atoms with Gasteiger partial charge in [-0.3, -0.25) is 0 Å². The Balaban J connectivity index is 2.72. The third kappa shape index (κ3) is 2.85. The minimum atomic E-state index is -0.438. The number of aromatic nitrogens is 2. The van der Waals surface area contributed by atoms with Gasteiger partial charge in [-0.05, 0) is 0 Å². The Morgan fingerprint density at radius 1 is 1.45 bits per heavy atom. The first kappa shape index (κ1) is 9.10. The Labute approximate surface area is 78.2 Å². The number of hydrogen-bond donors (Lipinski definition) is 0.